The Morgan fingerprint density at radius 3 is 1.58 bits per heavy atom. The summed E-state index contributed by atoms with van der Waals surface area (Å²) in [4.78, 5) is 13.7. The molecule has 0 radical (unpaired) electrons. The Morgan fingerprint density at radius 2 is 1.25 bits per heavy atom. The fourth-order valence-electron chi connectivity index (χ4n) is 2.39. The van der Waals surface area contributed by atoms with Gasteiger partial charge in [-0.25, -0.2) is 8.78 Å². The maximum absolute atomic E-state index is 13.9. The van der Waals surface area contributed by atoms with Crippen molar-refractivity contribution in [2.75, 3.05) is 12.5 Å². The Kier molecular flexibility index (Phi) is 7.31. The number of rotatable bonds is 8. The van der Waals surface area contributed by atoms with Gasteiger partial charge in [0.15, 0.2) is 0 Å². The van der Waals surface area contributed by atoms with Crippen LogP contribution in [0.1, 0.15) is 24.0 Å². The van der Waals surface area contributed by atoms with Gasteiger partial charge >= 0.3 is 0 Å². The monoisotopic (exact) mass is 366 g/mol. The predicted molar refractivity (Wildman–Crippen MR) is 98.0 cm³/mol. The fourth-order valence-corrected chi connectivity index (χ4v) is 3.24. The quantitative estimate of drug-likeness (QED) is 0.571. The van der Waals surface area contributed by atoms with Gasteiger partial charge in [-0.3, -0.25) is 4.79 Å². The van der Waals surface area contributed by atoms with E-state index in [1.165, 1.54) is 35.7 Å². The third-order valence-electron chi connectivity index (χ3n) is 3.87. The Hall–Kier alpha value is -1.33. The number of aryl methyl sites for hydroxylation is 2. The van der Waals surface area contributed by atoms with Crippen LogP contribution in [-0.2, 0) is 17.6 Å². The first-order chi connectivity index (χ1) is 11.5. The first-order valence-electron chi connectivity index (χ1n) is 7.70. The van der Waals surface area contributed by atoms with Crippen LogP contribution in [0.2, 0.25) is 0 Å². The molecule has 0 amide bonds. The molecule has 0 unspecified atom stereocenters. The lowest BCUT2D eigenvalue weighted by molar-refractivity contribution is -0.119. The predicted octanol–water partition coefficient (Wildman–Crippen LogP) is 5.54. The van der Waals surface area contributed by atoms with E-state index < -0.39 is 0 Å². The summed E-state index contributed by atoms with van der Waals surface area (Å²) in [5, 5.41) is 0. The number of ketones is 1. The molecule has 0 atom stereocenters. The molecule has 0 aliphatic heterocycles. The van der Waals surface area contributed by atoms with Crippen LogP contribution in [-0.4, -0.2) is 18.3 Å². The lowest BCUT2D eigenvalue weighted by Gasteiger charge is -2.06. The second-order valence-corrected chi connectivity index (χ2v) is 7.21. The van der Waals surface area contributed by atoms with Gasteiger partial charge in [-0.1, -0.05) is 12.1 Å². The van der Waals surface area contributed by atoms with Crippen molar-refractivity contribution in [3.63, 3.8) is 0 Å². The second kappa shape index (κ2) is 9.23. The molecule has 0 aliphatic rings. The highest BCUT2D eigenvalue weighted by atomic mass is 32.2. The largest absolute Gasteiger partial charge is 0.300 e. The van der Waals surface area contributed by atoms with Gasteiger partial charge in [0, 0.05) is 22.6 Å². The highest BCUT2D eigenvalue weighted by molar-refractivity contribution is 7.98. The number of carbonyl (C=O) groups is 1. The van der Waals surface area contributed by atoms with Gasteiger partial charge < -0.3 is 0 Å². The minimum absolute atomic E-state index is 0.0247. The zero-order valence-corrected chi connectivity index (χ0v) is 15.4. The topological polar surface area (TPSA) is 17.1 Å². The first-order valence-corrected chi connectivity index (χ1v) is 10.1. The Labute approximate surface area is 150 Å². The highest BCUT2D eigenvalue weighted by Gasteiger charge is 2.10. The minimum atomic E-state index is -0.270. The third-order valence-corrected chi connectivity index (χ3v) is 5.32. The molecule has 0 spiro atoms. The number of thioether (sulfide) groups is 2. The van der Waals surface area contributed by atoms with E-state index in [1.54, 1.807) is 12.1 Å². The number of carbonyl (C=O) groups excluding carboxylic acids is 1. The van der Waals surface area contributed by atoms with E-state index in [9.17, 15) is 13.6 Å². The molecule has 2 aromatic rings. The van der Waals surface area contributed by atoms with Gasteiger partial charge in [-0.2, -0.15) is 0 Å². The summed E-state index contributed by atoms with van der Waals surface area (Å²) >= 11 is 2.96. The van der Waals surface area contributed by atoms with Crippen LogP contribution < -0.4 is 0 Å². The van der Waals surface area contributed by atoms with Crippen LogP contribution in [0, 0.1) is 11.6 Å². The van der Waals surface area contributed by atoms with Crippen molar-refractivity contribution in [3.05, 3.63) is 59.2 Å². The van der Waals surface area contributed by atoms with Gasteiger partial charge in [0.1, 0.15) is 17.4 Å². The van der Waals surface area contributed by atoms with Crippen LogP contribution in [0.15, 0.2) is 46.2 Å². The average Bonchev–Trinajstić information content (AvgIpc) is 2.59. The molecule has 24 heavy (non-hydrogen) atoms. The zero-order chi connectivity index (χ0) is 17.5. The maximum Gasteiger partial charge on any atom is 0.133 e. The lowest BCUT2D eigenvalue weighted by atomic mass is 10.0. The van der Waals surface area contributed by atoms with Gasteiger partial charge in [-0.15, -0.1) is 23.5 Å². The lowest BCUT2D eigenvalue weighted by Crippen LogP contribution is -2.04. The number of benzene rings is 2. The Bertz CT molecular complexity index is 657. The first kappa shape index (κ1) is 19.0. The van der Waals surface area contributed by atoms with Crippen LogP contribution in [0.4, 0.5) is 8.78 Å². The Morgan fingerprint density at radius 1 is 0.833 bits per heavy atom. The smallest absolute Gasteiger partial charge is 0.133 e. The van der Waals surface area contributed by atoms with E-state index in [0.717, 1.165) is 9.79 Å². The molecule has 2 rings (SSSR count). The van der Waals surface area contributed by atoms with Crippen molar-refractivity contribution < 1.29 is 13.6 Å². The molecule has 0 saturated heterocycles. The number of hydrogen-bond acceptors (Lipinski definition) is 3. The van der Waals surface area contributed by atoms with Crippen LogP contribution in [0.5, 0.6) is 0 Å². The zero-order valence-electron chi connectivity index (χ0n) is 13.8. The van der Waals surface area contributed by atoms with E-state index in [4.69, 9.17) is 0 Å². The van der Waals surface area contributed by atoms with E-state index in [1.807, 2.05) is 24.6 Å². The van der Waals surface area contributed by atoms with Crippen molar-refractivity contribution >= 4 is 29.3 Å². The third kappa shape index (κ3) is 5.35. The molecule has 128 valence electrons. The number of hydrogen-bond donors (Lipinski definition) is 0. The molecule has 0 fully saturated rings. The fraction of sp³-hybridized carbons (Fsp3) is 0.316. The van der Waals surface area contributed by atoms with E-state index in [-0.39, 0.29) is 30.3 Å². The normalized spacial score (nSPS) is 10.8. The summed E-state index contributed by atoms with van der Waals surface area (Å²) in [6.07, 6.45) is 5.10. The van der Waals surface area contributed by atoms with Crippen molar-refractivity contribution in [3.8, 4) is 0 Å². The molecule has 0 aromatic heterocycles. The molecule has 1 nitrogen and oxygen atoms in total. The standard InChI is InChI=1S/C19H20F2OS2/c1-23-16-9-5-13(18(20)11-16)3-7-15(22)8-4-14-6-10-17(24-2)12-19(14)21/h5-6,9-12H,3-4,7-8H2,1-2H3. The Balaban J connectivity index is 1.85. The molecule has 0 bridgehead atoms. The highest BCUT2D eigenvalue weighted by Crippen LogP contribution is 2.21. The van der Waals surface area contributed by atoms with E-state index in [0.29, 0.717) is 24.0 Å². The van der Waals surface area contributed by atoms with Gasteiger partial charge in [-0.05, 0) is 60.7 Å². The summed E-state index contributed by atoms with van der Waals surface area (Å²) in [5.74, 6) is -0.515. The molecule has 5 heteroatoms. The van der Waals surface area contributed by atoms with E-state index in [2.05, 4.69) is 0 Å². The van der Waals surface area contributed by atoms with Crippen molar-refractivity contribution in [2.45, 2.75) is 35.5 Å². The number of Topliss-reactive ketones (excluding diaryl/α,β-unsaturated/α-hetero) is 1. The summed E-state index contributed by atoms with van der Waals surface area (Å²) in [6, 6.07) is 10.2. The second-order valence-electron chi connectivity index (χ2n) is 5.45. The molecule has 2 aromatic carbocycles. The number of halogens is 2. The van der Waals surface area contributed by atoms with Crippen molar-refractivity contribution in [2.24, 2.45) is 0 Å². The molecular formula is C19H20F2OS2. The summed E-state index contributed by atoms with van der Waals surface area (Å²) in [5.41, 5.74) is 1.10. The minimum Gasteiger partial charge on any atom is -0.300 e. The maximum atomic E-state index is 13.9. The van der Waals surface area contributed by atoms with Crippen LogP contribution >= 0.6 is 23.5 Å². The summed E-state index contributed by atoms with van der Waals surface area (Å²) in [6.45, 7) is 0. The summed E-state index contributed by atoms with van der Waals surface area (Å²) < 4.78 is 27.8. The SMILES string of the molecule is CSc1ccc(CCC(=O)CCc2ccc(SC)cc2F)c(F)c1. The van der Waals surface area contributed by atoms with Crippen LogP contribution in [0.25, 0.3) is 0 Å². The molecule has 0 N–H and O–H groups in total. The summed E-state index contributed by atoms with van der Waals surface area (Å²) in [7, 11) is 0. The van der Waals surface area contributed by atoms with Crippen molar-refractivity contribution in [1.82, 2.24) is 0 Å². The van der Waals surface area contributed by atoms with E-state index >= 15 is 0 Å². The van der Waals surface area contributed by atoms with Gasteiger partial charge in [0.2, 0.25) is 0 Å². The van der Waals surface area contributed by atoms with Crippen molar-refractivity contribution in [1.29, 1.82) is 0 Å². The average molecular weight is 366 g/mol. The van der Waals surface area contributed by atoms with Crippen LogP contribution in [0.3, 0.4) is 0 Å². The molecule has 0 saturated carbocycles. The van der Waals surface area contributed by atoms with Gasteiger partial charge in [0.25, 0.3) is 0 Å². The molecule has 0 aliphatic carbocycles. The molecular weight excluding hydrogens is 346 g/mol. The molecule has 0 heterocycles. The van der Waals surface area contributed by atoms with Gasteiger partial charge in [0.05, 0.1) is 0 Å².